The predicted octanol–water partition coefficient (Wildman–Crippen LogP) is 3.30. The summed E-state index contributed by atoms with van der Waals surface area (Å²) >= 11 is 3.50. The van der Waals surface area contributed by atoms with Gasteiger partial charge < -0.3 is 9.84 Å². The summed E-state index contributed by atoms with van der Waals surface area (Å²) in [5.41, 5.74) is 0.928. The molecule has 19 heavy (non-hydrogen) atoms. The second-order valence-electron chi connectivity index (χ2n) is 4.09. The number of aromatic nitrogens is 3. The van der Waals surface area contributed by atoms with Crippen LogP contribution >= 0.6 is 15.9 Å². The Kier molecular flexibility index (Phi) is 3.16. The van der Waals surface area contributed by atoms with Gasteiger partial charge in [-0.2, -0.15) is 4.98 Å². The molecule has 0 spiro atoms. The van der Waals surface area contributed by atoms with E-state index in [1.54, 1.807) is 6.92 Å². The number of nitrogens with zero attached hydrogens (tertiary/aromatic N) is 3. The Balaban J connectivity index is 1.83. The Bertz CT molecular complexity index is 725. The van der Waals surface area contributed by atoms with Crippen molar-refractivity contribution in [2.75, 3.05) is 5.32 Å². The molecule has 0 unspecified atom stereocenters. The van der Waals surface area contributed by atoms with Crippen LogP contribution in [0.1, 0.15) is 11.7 Å². The van der Waals surface area contributed by atoms with E-state index in [0.29, 0.717) is 18.3 Å². The van der Waals surface area contributed by atoms with Crippen LogP contribution in [0.15, 0.2) is 39.3 Å². The molecule has 0 aliphatic rings. The van der Waals surface area contributed by atoms with Crippen LogP contribution in [0.3, 0.4) is 0 Å². The largest absolute Gasteiger partial charge is 0.363 e. The van der Waals surface area contributed by atoms with Crippen molar-refractivity contribution < 1.29 is 4.52 Å². The number of rotatable bonds is 3. The Morgan fingerprint density at radius 2 is 2.11 bits per heavy atom. The van der Waals surface area contributed by atoms with Gasteiger partial charge in [-0.3, -0.25) is 0 Å². The molecule has 0 saturated heterocycles. The molecule has 1 N–H and O–H groups in total. The fourth-order valence-electron chi connectivity index (χ4n) is 1.79. The SMILES string of the molecule is Cc1nc(CNc2ccc3cccc(Br)c3n2)no1. The fraction of sp³-hybridized carbons (Fsp3) is 0.154. The van der Waals surface area contributed by atoms with Crippen LogP contribution in [0.2, 0.25) is 0 Å². The van der Waals surface area contributed by atoms with Crippen molar-refractivity contribution in [3.05, 3.63) is 46.5 Å². The Labute approximate surface area is 118 Å². The third kappa shape index (κ3) is 2.58. The minimum Gasteiger partial charge on any atom is -0.363 e. The van der Waals surface area contributed by atoms with Gasteiger partial charge in [-0.15, -0.1) is 0 Å². The summed E-state index contributed by atoms with van der Waals surface area (Å²) in [6, 6.07) is 9.95. The van der Waals surface area contributed by atoms with Gasteiger partial charge in [0.2, 0.25) is 5.89 Å². The number of nitrogens with one attached hydrogen (secondary N) is 1. The minimum atomic E-state index is 0.486. The molecule has 0 fully saturated rings. The molecule has 0 atom stereocenters. The van der Waals surface area contributed by atoms with Gasteiger partial charge in [0.1, 0.15) is 5.82 Å². The van der Waals surface area contributed by atoms with E-state index in [9.17, 15) is 0 Å². The van der Waals surface area contributed by atoms with E-state index in [1.165, 1.54) is 0 Å². The lowest BCUT2D eigenvalue weighted by molar-refractivity contribution is 0.388. The summed E-state index contributed by atoms with van der Waals surface area (Å²) in [7, 11) is 0. The first kappa shape index (κ1) is 12.1. The van der Waals surface area contributed by atoms with Gasteiger partial charge in [0.15, 0.2) is 5.82 Å². The van der Waals surface area contributed by atoms with Crippen LogP contribution in [0.4, 0.5) is 5.82 Å². The molecule has 3 rings (SSSR count). The molecular formula is C13H11BrN4O. The highest BCUT2D eigenvalue weighted by molar-refractivity contribution is 9.10. The zero-order chi connectivity index (χ0) is 13.2. The van der Waals surface area contributed by atoms with E-state index in [2.05, 4.69) is 36.4 Å². The average molecular weight is 319 g/mol. The number of aryl methyl sites for hydroxylation is 1. The molecule has 0 bridgehead atoms. The normalized spacial score (nSPS) is 10.8. The lowest BCUT2D eigenvalue weighted by atomic mass is 10.2. The number of fused-ring (bicyclic) bond motifs is 1. The minimum absolute atomic E-state index is 0.486. The molecule has 6 heteroatoms. The lowest BCUT2D eigenvalue weighted by Gasteiger charge is -2.05. The van der Waals surface area contributed by atoms with E-state index < -0.39 is 0 Å². The first-order valence-electron chi connectivity index (χ1n) is 5.81. The molecule has 2 aromatic heterocycles. The first-order valence-corrected chi connectivity index (χ1v) is 6.60. The predicted molar refractivity (Wildman–Crippen MR) is 75.8 cm³/mol. The van der Waals surface area contributed by atoms with Crippen LogP contribution in [0.25, 0.3) is 10.9 Å². The summed E-state index contributed by atoms with van der Waals surface area (Å²) in [5, 5.41) is 8.09. The number of hydrogen-bond acceptors (Lipinski definition) is 5. The Morgan fingerprint density at radius 3 is 2.89 bits per heavy atom. The maximum atomic E-state index is 4.91. The third-order valence-corrected chi connectivity index (χ3v) is 3.31. The quantitative estimate of drug-likeness (QED) is 0.802. The molecular weight excluding hydrogens is 308 g/mol. The summed E-state index contributed by atoms with van der Waals surface area (Å²) in [6.07, 6.45) is 0. The lowest BCUT2D eigenvalue weighted by Crippen LogP contribution is -2.03. The van der Waals surface area contributed by atoms with Gasteiger partial charge in [-0.25, -0.2) is 4.98 Å². The maximum Gasteiger partial charge on any atom is 0.223 e. The summed E-state index contributed by atoms with van der Waals surface area (Å²) in [5.74, 6) is 1.96. The molecule has 0 radical (unpaired) electrons. The van der Waals surface area contributed by atoms with Gasteiger partial charge in [0.25, 0.3) is 0 Å². The van der Waals surface area contributed by atoms with Crippen LogP contribution in [-0.4, -0.2) is 15.1 Å². The first-order chi connectivity index (χ1) is 9.22. The molecule has 3 aromatic rings. The maximum absolute atomic E-state index is 4.91. The fourth-order valence-corrected chi connectivity index (χ4v) is 2.26. The van der Waals surface area contributed by atoms with Crippen molar-refractivity contribution in [1.29, 1.82) is 0 Å². The number of hydrogen-bond donors (Lipinski definition) is 1. The van der Waals surface area contributed by atoms with E-state index >= 15 is 0 Å². The average Bonchev–Trinajstić information content (AvgIpc) is 2.83. The Morgan fingerprint density at radius 1 is 1.21 bits per heavy atom. The van der Waals surface area contributed by atoms with E-state index in [0.717, 1.165) is 21.2 Å². The van der Waals surface area contributed by atoms with Crippen molar-refractivity contribution in [3.8, 4) is 0 Å². The molecule has 1 aromatic carbocycles. The third-order valence-electron chi connectivity index (χ3n) is 2.67. The van der Waals surface area contributed by atoms with E-state index in [1.807, 2.05) is 30.3 Å². The summed E-state index contributed by atoms with van der Waals surface area (Å²) in [6.45, 7) is 2.25. The zero-order valence-electron chi connectivity index (χ0n) is 10.2. The number of anilines is 1. The van der Waals surface area contributed by atoms with Crippen molar-refractivity contribution in [2.24, 2.45) is 0 Å². The van der Waals surface area contributed by atoms with Gasteiger partial charge in [0, 0.05) is 16.8 Å². The van der Waals surface area contributed by atoms with Gasteiger partial charge in [-0.05, 0) is 34.1 Å². The van der Waals surface area contributed by atoms with Crippen LogP contribution in [0.5, 0.6) is 0 Å². The standard InChI is InChI=1S/C13H11BrN4O/c1-8-16-12(18-19-8)7-15-11-6-5-9-3-2-4-10(14)13(9)17-11/h2-6H,7H2,1H3,(H,15,17). The second kappa shape index (κ2) is 4.97. The second-order valence-corrected chi connectivity index (χ2v) is 4.95. The van der Waals surface area contributed by atoms with Gasteiger partial charge in [-0.1, -0.05) is 17.3 Å². The van der Waals surface area contributed by atoms with E-state index in [-0.39, 0.29) is 0 Å². The molecule has 5 nitrogen and oxygen atoms in total. The van der Waals surface area contributed by atoms with Crippen molar-refractivity contribution >= 4 is 32.7 Å². The molecule has 0 amide bonds. The highest BCUT2D eigenvalue weighted by Gasteiger charge is 2.04. The van der Waals surface area contributed by atoms with Crippen molar-refractivity contribution in [3.63, 3.8) is 0 Å². The summed E-state index contributed by atoms with van der Waals surface area (Å²) < 4.78 is 5.89. The van der Waals surface area contributed by atoms with Crippen molar-refractivity contribution in [2.45, 2.75) is 13.5 Å². The molecule has 0 aliphatic heterocycles. The van der Waals surface area contributed by atoms with E-state index in [4.69, 9.17) is 4.52 Å². The van der Waals surface area contributed by atoms with Crippen LogP contribution in [-0.2, 0) is 6.54 Å². The topological polar surface area (TPSA) is 63.8 Å². The van der Waals surface area contributed by atoms with Crippen LogP contribution < -0.4 is 5.32 Å². The highest BCUT2D eigenvalue weighted by Crippen LogP contribution is 2.23. The monoisotopic (exact) mass is 318 g/mol. The van der Waals surface area contributed by atoms with Crippen molar-refractivity contribution in [1.82, 2.24) is 15.1 Å². The molecule has 0 saturated carbocycles. The number of pyridine rings is 1. The Hall–Kier alpha value is -1.95. The molecule has 0 aliphatic carbocycles. The highest BCUT2D eigenvalue weighted by atomic mass is 79.9. The summed E-state index contributed by atoms with van der Waals surface area (Å²) in [4.78, 5) is 8.68. The van der Waals surface area contributed by atoms with Crippen LogP contribution in [0, 0.1) is 6.92 Å². The number of halogens is 1. The smallest absolute Gasteiger partial charge is 0.223 e. The molecule has 2 heterocycles. The zero-order valence-corrected chi connectivity index (χ0v) is 11.8. The molecule has 96 valence electrons. The number of para-hydroxylation sites is 1. The van der Waals surface area contributed by atoms with Gasteiger partial charge in [0.05, 0.1) is 12.1 Å². The van der Waals surface area contributed by atoms with Gasteiger partial charge >= 0.3 is 0 Å². The number of benzene rings is 1.